The predicted octanol–water partition coefficient (Wildman–Crippen LogP) is 1.84. The molecule has 2 rings (SSSR count). The molecule has 1 heterocycles. The van der Waals surface area contributed by atoms with Crippen LogP contribution in [0, 0.1) is 5.82 Å². The number of benzene rings is 1. The van der Waals surface area contributed by atoms with Crippen molar-refractivity contribution in [2.45, 2.75) is 38.9 Å². The minimum atomic E-state index is -0.760. The van der Waals surface area contributed by atoms with E-state index in [9.17, 15) is 9.50 Å². The van der Waals surface area contributed by atoms with Crippen LogP contribution in [0.1, 0.15) is 27.7 Å². The summed E-state index contributed by atoms with van der Waals surface area (Å²) in [6.45, 7) is 7.67. The molecule has 1 aromatic rings. The summed E-state index contributed by atoms with van der Waals surface area (Å²) in [6, 6.07) is 2.71. The van der Waals surface area contributed by atoms with Crippen LogP contribution >= 0.6 is 0 Å². The molecule has 1 fully saturated rings. The summed E-state index contributed by atoms with van der Waals surface area (Å²) in [5, 5.41) is 9.49. The fourth-order valence-corrected chi connectivity index (χ4v) is 1.86. The number of hydrogen-bond acceptors (Lipinski definition) is 4. The standard InChI is InChI=1S/C13H18BFO4/c1-12(2)13(3,4)19-14(18-12)8-6-9(15)11(16)10(7-8)17-5/h6-7,16H,1-5H3. The molecule has 0 spiro atoms. The molecule has 1 aromatic carbocycles. The molecule has 0 aromatic heterocycles. The van der Waals surface area contributed by atoms with Gasteiger partial charge in [0, 0.05) is 0 Å². The lowest BCUT2D eigenvalue weighted by atomic mass is 9.79. The molecule has 0 amide bonds. The highest BCUT2D eigenvalue weighted by Crippen LogP contribution is 2.37. The van der Waals surface area contributed by atoms with Crippen LogP contribution in [0.3, 0.4) is 0 Å². The topological polar surface area (TPSA) is 47.9 Å². The highest BCUT2D eigenvalue weighted by atomic mass is 19.1. The summed E-state index contributed by atoms with van der Waals surface area (Å²) in [5.74, 6) is -1.21. The zero-order valence-electron chi connectivity index (χ0n) is 11.8. The van der Waals surface area contributed by atoms with E-state index < -0.39 is 29.9 Å². The molecule has 0 bridgehead atoms. The van der Waals surface area contributed by atoms with Crippen LogP contribution in [0.25, 0.3) is 0 Å². The van der Waals surface area contributed by atoms with Gasteiger partial charge in [-0.15, -0.1) is 0 Å². The molecular weight excluding hydrogens is 250 g/mol. The zero-order valence-corrected chi connectivity index (χ0v) is 11.8. The van der Waals surface area contributed by atoms with Gasteiger partial charge in [0.05, 0.1) is 18.3 Å². The van der Waals surface area contributed by atoms with Gasteiger partial charge in [0.15, 0.2) is 17.3 Å². The van der Waals surface area contributed by atoms with Gasteiger partial charge in [-0.05, 0) is 45.3 Å². The molecule has 1 aliphatic heterocycles. The molecular formula is C13H18BFO4. The van der Waals surface area contributed by atoms with Crippen LogP contribution < -0.4 is 10.2 Å². The molecule has 0 atom stereocenters. The number of hydrogen-bond donors (Lipinski definition) is 1. The molecule has 0 radical (unpaired) electrons. The Morgan fingerprint density at radius 2 is 1.68 bits per heavy atom. The lowest BCUT2D eigenvalue weighted by Crippen LogP contribution is -2.41. The average Bonchev–Trinajstić information content (AvgIpc) is 2.52. The first-order valence-electron chi connectivity index (χ1n) is 6.10. The average molecular weight is 268 g/mol. The van der Waals surface area contributed by atoms with Crippen molar-refractivity contribution >= 4 is 12.6 Å². The van der Waals surface area contributed by atoms with Crippen LogP contribution in [-0.2, 0) is 9.31 Å². The van der Waals surface area contributed by atoms with Crippen molar-refractivity contribution in [2.24, 2.45) is 0 Å². The number of methoxy groups -OCH3 is 1. The maximum Gasteiger partial charge on any atom is 0.495 e. The normalized spacial score (nSPS) is 20.6. The third-order valence-corrected chi connectivity index (χ3v) is 3.80. The van der Waals surface area contributed by atoms with E-state index in [0.29, 0.717) is 5.46 Å². The molecule has 1 aliphatic rings. The predicted molar refractivity (Wildman–Crippen MR) is 70.3 cm³/mol. The van der Waals surface area contributed by atoms with Crippen LogP contribution in [0.15, 0.2) is 12.1 Å². The molecule has 0 aliphatic carbocycles. The molecule has 104 valence electrons. The minimum Gasteiger partial charge on any atom is -0.502 e. The van der Waals surface area contributed by atoms with Gasteiger partial charge in [0.2, 0.25) is 0 Å². The van der Waals surface area contributed by atoms with E-state index in [2.05, 4.69) is 0 Å². The number of rotatable bonds is 2. The maximum absolute atomic E-state index is 13.6. The summed E-state index contributed by atoms with van der Waals surface area (Å²) in [5.41, 5.74) is -0.524. The number of phenolic OH excluding ortho intramolecular Hbond substituents is 1. The molecule has 0 unspecified atom stereocenters. The van der Waals surface area contributed by atoms with Crippen LogP contribution in [0.5, 0.6) is 11.5 Å². The Morgan fingerprint density at radius 3 is 2.16 bits per heavy atom. The molecule has 0 saturated carbocycles. The highest BCUT2D eigenvalue weighted by Gasteiger charge is 2.52. The third kappa shape index (κ3) is 2.30. The molecule has 1 saturated heterocycles. The summed E-state index contributed by atoms with van der Waals surface area (Å²) in [4.78, 5) is 0. The number of aromatic hydroxyl groups is 1. The zero-order chi connectivity index (χ0) is 14.4. The Balaban J connectivity index is 2.37. The van der Waals surface area contributed by atoms with Crippen molar-refractivity contribution in [1.29, 1.82) is 0 Å². The van der Waals surface area contributed by atoms with E-state index in [1.54, 1.807) is 0 Å². The number of ether oxygens (including phenoxy) is 1. The van der Waals surface area contributed by atoms with Gasteiger partial charge in [0.1, 0.15) is 0 Å². The van der Waals surface area contributed by atoms with Crippen molar-refractivity contribution < 1.29 is 23.5 Å². The molecule has 19 heavy (non-hydrogen) atoms. The summed E-state index contributed by atoms with van der Waals surface area (Å²) >= 11 is 0. The van der Waals surface area contributed by atoms with Gasteiger partial charge in [-0.1, -0.05) is 0 Å². The van der Waals surface area contributed by atoms with E-state index >= 15 is 0 Å². The summed E-state index contributed by atoms with van der Waals surface area (Å²) in [6.07, 6.45) is 0. The third-order valence-electron chi connectivity index (χ3n) is 3.80. The lowest BCUT2D eigenvalue weighted by Gasteiger charge is -2.32. The van der Waals surface area contributed by atoms with Gasteiger partial charge in [-0.2, -0.15) is 0 Å². The maximum atomic E-state index is 13.6. The highest BCUT2D eigenvalue weighted by molar-refractivity contribution is 6.62. The van der Waals surface area contributed by atoms with E-state index in [0.717, 1.165) is 0 Å². The number of phenols is 1. The van der Waals surface area contributed by atoms with E-state index in [-0.39, 0.29) is 5.75 Å². The quantitative estimate of drug-likeness (QED) is 0.831. The number of halogens is 1. The second-order valence-corrected chi connectivity index (χ2v) is 5.64. The fraction of sp³-hybridized carbons (Fsp3) is 0.538. The Hall–Kier alpha value is -1.27. The molecule has 6 heteroatoms. The van der Waals surface area contributed by atoms with Crippen molar-refractivity contribution in [1.82, 2.24) is 0 Å². The van der Waals surface area contributed by atoms with Crippen LogP contribution in [0.4, 0.5) is 4.39 Å². The van der Waals surface area contributed by atoms with Gasteiger partial charge in [-0.25, -0.2) is 4.39 Å². The molecule has 1 N–H and O–H groups in total. The van der Waals surface area contributed by atoms with Gasteiger partial charge < -0.3 is 19.2 Å². The fourth-order valence-electron chi connectivity index (χ4n) is 1.86. The van der Waals surface area contributed by atoms with Crippen molar-refractivity contribution in [3.63, 3.8) is 0 Å². The van der Waals surface area contributed by atoms with Crippen LogP contribution in [-0.4, -0.2) is 30.5 Å². The first-order chi connectivity index (χ1) is 8.68. The van der Waals surface area contributed by atoms with E-state index in [1.807, 2.05) is 27.7 Å². The second-order valence-electron chi connectivity index (χ2n) is 5.64. The van der Waals surface area contributed by atoms with Gasteiger partial charge in [0.25, 0.3) is 0 Å². The minimum absolute atomic E-state index is 0.0599. The van der Waals surface area contributed by atoms with Gasteiger partial charge >= 0.3 is 7.12 Å². The molecule has 4 nitrogen and oxygen atoms in total. The van der Waals surface area contributed by atoms with Crippen molar-refractivity contribution in [3.8, 4) is 11.5 Å². The first kappa shape index (κ1) is 14.2. The smallest absolute Gasteiger partial charge is 0.495 e. The lowest BCUT2D eigenvalue weighted by molar-refractivity contribution is 0.00578. The van der Waals surface area contributed by atoms with Crippen LogP contribution in [0.2, 0.25) is 0 Å². The first-order valence-corrected chi connectivity index (χ1v) is 6.10. The largest absolute Gasteiger partial charge is 0.502 e. The van der Waals surface area contributed by atoms with Gasteiger partial charge in [-0.3, -0.25) is 0 Å². The Labute approximate surface area is 112 Å². The second kappa shape index (κ2) is 4.39. The Bertz CT molecular complexity index is 486. The summed E-state index contributed by atoms with van der Waals surface area (Å²) in [7, 11) is 0.677. The monoisotopic (exact) mass is 268 g/mol. The van der Waals surface area contributed by atoms with E-state index in [4.69, 9.17) is 14.0 Å². The van der Waals surface area contributed by atoms with Crippen molar-refractivity contribution in [2.75, 3.05) is 7.11 Å². The van der Waals surface area contributed by atoms with E-state index in [1.165, 1.54) is 19.2 Å². The summed E-state index contributed by atoms with van der Waals surface area (Å²) < 4.78 is 30.2. The Kier molecular flexibility index (Phi) is 3.27. The SMILES string of the molecule is COc1cc(B2OC(C)(C)C(C)(C)O2)cc(F)c1O. The Morgan fingerprint density at radius 1 is 1.16 bits per heavy atom. The van der Waals surface area contributed by atoms with Crippen molar-refractivity contribution in [3.05, 3.63) is 17.9 Å².